The highest BCUT2D eigenvalue weighted by Gasteiger charge is 2.50. The summed E-state index contributed by atoms with van der Waals surface area (Å²) in [5, 5.41) is 105. The molecule has 15 N–H and O–H groups in total. The lowest BCUT2D eigenvalue weighted by molar-refractivity contribution is -0.148. The predicted octanol–water partition coefficient (Wildman–Crippen LogP) is -7.30. The molecule has 1 aromatic rings. The fourth-order valence-electron chi connectivity index (χ4n) is 6.92. The Labute approximate surface area is 320 Å². The molecule has 22 heteroatoms. The molecule has 22 nitrogen and oxygen atoms in total. The van der Waals surface area contributed by atoms with Gasteiger partial charge in [-0.1, -0.05) is 19.1 Å². The van der Waals surface area contributed by atoms with Gasteiger partial charge < -0.3 is 82.8 Å². The van der Waals surface area contributed by atoms with Crippen molar-refractivity contribution in [2.24, 2.45) is 11.7 Å². The molecule has 15 atom stereocenters. The first-order valence-corrected chi connectivity index (χ1v) is 18.0. The number of aliphatic hydroxyl groups excluding tert-OH is 8. The molecule has 1 aromatic carbocycles. The summed E-state index contributed by atoms with van der Waals surface area (Å²) >= 11 is 0. The van der Waals surface area contributed by atoms with Crippen molar-refractivity contribution in [2.45, 2.75) is 119 Å². The van der Waals surface area contributed by atoms with Crippen LogP contribution in [0.3, 0.4) is 0 Å². The minimum Gasteiger partial charge on any atom is -0.508 e. The molecule has 0 aliphatic carbocycles. The van der Waals surface area contributed by atoms with Crippen LogP contribution in [0.2, 0.25) is 0 Å². The lowest BCUT2D eigenvalue weighted by atomic mass is 9.96. The Hall–Kier alpha value is -4.52. The molecule has 3 heterocycles. The second kappa shape index (κ2) is 18.2. The van der Waals surface area contributed by atoms with E-state index in [4.69, 9.17) is 5.73 Å². The molecule has 0 saturated carbocycles. The summed E-state index contributed by atoms with van der Waals surface area (Å²) in [6.07, 6.45) is -15.8. The normalized spacial score (nSPS) is 35.2. The third kappa shape index (κ3) is 9.70. The van der Waals surface area contributed by atoms with Gasteiger partial charge in [-0.15, -0.1) is 0 Å². The van der Waals surface area contributed by atoms with Crippen molar-refractivity contribution < 1.29 is 74.7 Å². The second-order valence-electron chi connectivity index (χ2n) is 14.6. The highest BCUT2D eigenvalue weighted by atomic mass is 16.3. The zero-order valence-electron chi connectivity index (χ0n) is 30.7. The molecule has 4 rings (SSSR count). The molecule has 3 saturated heterocycles. The summed E-state index contributed by atoms with van der Waals surface area (Å²) in [5.74, 6) is -8.12. The number of hydrogen-bond donors (Lipinski definition) is 14. The van der Waals surface area contributed by atoms with Gasteiger partial charge in [0.15, 0.2) is 6.23 Å². The second-order valence-corrected chi connectivity index (χ2v) is 14.6. The van der Waals surface area contributed by atoms with Crippen LogP contribution in [0.1, 0.15) is 45.3 Å². The maximum atomic E-state index is 14.0. The van der Waals surface area contributed by atoms with Crippen LogP contribution in [-0.2, 0) is 28.8 Å². The van der Waals surface area contributed by atoms with E-state index in [1.807, 2.05) is 5.32 Å². The summed E-state index contributed by atoms with van der Waals surface area (Å²) < 4.78 is 0. The Kier molecular flexibility index (Phi) is 14.3. The third-order valence-corrected chi connectivity index (χ3v) is 10.2. The van der Waals surface area contributed by atoms with Gasteiger partial charge in [-0.25, -0.2) is 0 Å². The van der Waals surface area contributed by atoms with Crippen LogP contribution < -0.4 is 27.0 Å². The van der Waals surface area contributed by atoms with E-state index >= 15 is 0 Å². The number of phenolic OH excluding ortho intramolecular Hbond substituents is 1. The van der Waals surface area contributed by atoms with Crippen molar-refractivity contribution in [3.8, 4) is 5.75 Å². The van der Waals surface area contributed by atoms with Crippen molar-refractivity contribution in [3.05, 3.63) is 29.8 Å². The minimum absolute atomic E-state index is 0.0501. The molecule has 3 aliphatic heterocycles. The number of aliphatic hydroxyl groups is 8. The summed E-state index contributed by atoms with van der Waals surface area (Å²) in [4.78, 5) is 83.9. The number of aromatic hydroxyl groups is 1. The SMILES string of the molecule is CC(O)C1NC(=O)C(N)CC(O)C(O)NC(=O)C2C(O)C(C)CN2C(=O)C(C(C)O)NC(=O)C(C(O)C(O)c2ccc(O)cc2)NC(=O)C2CC(O)CN2C1=O. The van der Waals surface area contributed by atoms with Crippen LogP contribution in [0.25, 0.3) is 0 Å². The van der Waals surface area contributed by atoms with Gasteiger partial charge in [0.25, 0.3) is 0 Å². The molecule has 312 valence electrons. The average molecular weight is 798 g/mol. The number of nitrogens with zero attached hydrogens (tertiary/aromatic N) is 2. The molecule has 3 fully saturated rings. The van der Waals surface area contributed by atoms with Gasteiger partial charge in [-0.2, -0.15) is 0 Å². The predicted molar refractivity (Wildman–Crippen MR) is 188 cm³/mol. The van der Waals surface area contributed by atoms with Crippen LogP contribution in [0.15, 0.2) is 24.3 Å². The standard InChI is InChI=1S/C34H51N7O15/c1-12-10-41-24(25(12)47)32(54)39-30(52)20(46)9-18(35)28(50)36-21(13(2)42)33(55)40-11-17(45)8-19(40)29(51)38-23(31(53)37-22(14(3)43)34(41)56)27(49)26(48)15-4-6-16(44)7-5-15/h4-7,12-14,17-27,30,42-49,52H,8-11,35H2,1-3H3,(H,36,50)(H,37,53)(H,38,51)(H,39,54). The summed E-state index contributed by atoms with van der Waals surface area (Å²) in [6.45, 7) is 2.85. The number of carbonyl (C=O) groups excluding carboxylic acids is 6. The van der Waals surface area contributed by atoms with Crippen molar-refractivity contribution in [1.82, 2.24) is 31.1 Å². The largest absolute Gasteiger partial charge is 0.508 e. The van der Waals surface area contributed by atoms with Gasteiger partial charge in [-0.3, -0.25) is 28.8 Å². The summed E-state index contributed by atoms with van der Waals surface area (Å²) in [6, 6.07) is -6.28. The number of fused-ring (bicyclic) bond motifs is 2. The fraction of sp³-hybridized carbons (Fsp3) is 0.647. The Morgan fingerprint density at radius 1 is 0.696 bits per heavy atom. The molecule has 0 bridgehead atoms. The summed E-state index contributed by atoms with van der Waals surface area (Å²) in [5.41, 5.74) is 5.88. The van der Waals surface area contributed by atoms with E-state index in [9.17, 15) is 74.7 Å². The smallest absolute Gasteiger partial charge is 0.248 e. The molecule has 0 aromatic heterocycles. The van der Waals surface area contributed by atoms with Crippen LogP contribution in [-0.4, -0.2) is 183 Å². The Morgan fingerprint density at radius 3 is 1.80 bits per heavy atom. The molecule has 0 spiro atoms. The topological polar surface area (TPSA) is 365 Å². The Balaban J connectivity index is 1.80. The van der Waals surface area contributed by atoms with E-state index in [2.05, 4.69) is 16.0 Å². The maximum Gasteiger partial charge on any atom is 0.248 e. The fourth-order valence-corrected chi connectivity index (χ4v) is 6.92. The van der Waals surface area contributed by atoms with Gasteiger partial charge in [0.2, 0.25) is 35.4 Å². The quantitative estimate of drug-likeness (QED) is 0.132. The number of phenols is 1. The van der Waals surface area contributed by atoms with Crippen LogP contribution in [0.5, 0.6) is 5.75 Å². The molecule has 0 radical (unpaired) electrons. The van der Waals surface area contributed by atoms with Crippen molar-refractivity contribution >= 4 is 35.4 Å². The van der Waals surface area contributed by atoms with Crippen molar-refractivity contribution in [2.75, 3.05) is 13.1 Å². The lowest BCUT2D eigenvalue weighted by Gasteiger charge is -2.34. The molecule has 3 aliphatic rings. The molecule has 56 heavy (non-hydrogen) atoms. The number of nitrogens with one attached hydrogen (secondary N) is 4. The zero-order valence-corrected chi connectivity index (χ0v) is 30.7. The monoisotopic (exact) mass is 797 g/mol. The maximum absolute atomic E-state index is 14.0. The molecular formula is C34H51N7O15. The van der Waals surface area contributed by atoms with Gasteiger partial charge >= 0.3 is 0 Å². The van der Waals surface area contributed by atoms with Gasteiger partial charge in [-0.05, 0) is 31.5 Å². The van der Waals surface area contributed by atoms with Crippen LogP contribution in [0, 0.1) is 5.92 Å². The van der Waals surface area contributed by atoms with Crippen LogP contribution in [0.4, 0.5) is 0 Å². The van der Waals surface area contributed by atoms with Gasteiger partial charge in [0, 0.05) is 31.8 Å². The first-order chi connectivity index (χ1) is 26.1. The van der Waals surface area contributed by atoms with Gasteiger partial charge in [0.05, 0.1) is 30.5 Å². The van der Waals surface area contributed by atoms with E-state index in [0.29, 0.717) is 0 Å². The highest BCUT2D eigenvalue weighted by Crippen LogP contribution is 2.27. The number of benzene rings is 1. The first kappa shape index (κ1) is 44.2. The van der Waals surface area contributed by atoms with E-state index < -0.39 is 146 Å². The summed E-state index contributed by atoms with van der Waals surface area (Å²) in [7, 11) is 0. The Morgan fingerprint density at radius 2 is 1.23 bits per heavy atom. The lowest BCUT2D eigenvalue weighted by Crippen LogP contribution is -2.64. The molecular weight excluding hydrogens is 746 g/mol. The highest BCUT2D eigenvalue weighted by molar-refractivity contribution is 5.98. The van der Waals surface area contributed by atoms with Crippen LogP contribution >= 0.6 is 0 Å². The molecule has 15 unspecified atom stereocenters. The van der Waals surface area contributed by atoms with E-state index in [0.717, 1.165) is 35.8 Å². The number of amides is 6. The number of rotatable bonds is 5. The Bertz CT molecular complexity index is 1620. The number of hydrogen-bond acceptors (Lipinski definition) is 16. The number of nitrogens with two attached hydrogens (primary N) is 1. The molecule has 6 amide bonds. The van der Waals surface area contributed by atoms with E-state index in [1.54, 1.807) is 0 Å². The average Bonchev–Trinajstić information content (AvgIpc) is 3.68. The van der Waals surface area contributed by atoms with E-state index in [1.165, 1.54) is 19.1 Å². The van der Waals surface area contributed by atoms with Crippen molar-refractivity contribution in [1.29, 1.82) is 0 Å². The van der Waals surface area contributed by atoms with Gasteiger partial charge in [0.1, 0.15) is 54.3 Å². The third-order valence-electron chi connectivity index (χ3n) is 10.2. The number of carbonyl (C=O) groups is 6. The minimum atomic E-state index is -2.24. The first-order valence-electron chi connectivity index (χ1n) is 18.0. The van der Waals surface area contributed by atoms with E-state index in [-0.39, 0.29) is 17.9 Å². The van der Waals surface area contributed by atoms with Crippen molar-refractivity contribution in [3.63, 3.8) is 0 Å². The zero-order chi connectivity index (χ0) is 41.9.